The molecule has 0 spiro atoms. The maximum Gasteiger partial charge on any atom is 0.191 e. The lowest BCUT2D eigenvalue weighted by molar-refractivity contribution is 0.177. The Balaban J connectivity index is 3.90. The maximum absolute atomic E-state index is 5.78. The third kappa shape index (κ3) is 5.47. The highest BCUT2D eigenvalue weighted by Gasteiger charge is 2.03. The Hall–Kier alpha value is -0.770. The minimum Gasteiger partial charge on any atom is -0.383 e. The normalized spacial score (nSPS) is 11.8. The molecule has 13 heavy (non-hydrogen) atoms. The zero-order chi connectivity index (χ0) is 10.1. The Labute approximate surface area is 80.8 Å². The van der Waals surface area contributed by atoms with Gasteiger partial charge < -0.3 is 15.4 Å². The van der Waals surface area contributed by atoms with Gasteiger partial charge in [0.1, 0.15) is 0 Å². The summed E-state index contributed by atoms with van der Waals surface area (Å²) in [4.78, 5) is 6.24. The standard InChI is InChI=1S/C9H21N3O/c1-4-6-11-9(10)12(5-2)7-8-13-3/h4-8H2,1-3H3,(H2,10,11). The van der Waals surface area contributed by atoms with E-state index in [0.29, 0.717) is 12.6 Å². The Morgan fingerprint density at radius 3 is 2.62 bits per heavy atom. The van der Waals surface area contributed by atoms with Gasteiger partial charge in [0.05, 0.1) is 6.61 Å². The topological polar surface area (TPSA) is 50.8 Å². The minimum absolute atomic E-state index is 0.626. The monoisotopic (exact) mass is 187 g/mol. The van der Waals surface area contributed by atoms with E-state index in [1.54, 1.807) is 7.11 Å². The molecule has 0 rings (SSSR count). The number of aliphatic imine (C=N–C) groups is 1. The van der Waals surface area contributed by atoms with Gasteiger partial charge in [0, 0.05) is 26.7 Å². The van der Waals surface area contributed by atoms with Crippen LogP contribution < -0.4 is 5.73 Å². The third-order valence-electron chi connectivity index (χ3n) is 1.77. The maximum atomic E-state index is 5.78. The lowest BCUT2D eigenvalue weighted by atomic mass is 10.5. The van der Waals surface area contributed by atoms with Gasteiger partial charge in [-0.3, -0.25) is 4.99 Å². The second kappa shape index (κ2) is 7.86. The Morgan fingerprint density at radius 1 is 1.46 bits per heavy atom. The number of methoxy groups -OCH3 is 1. The van der Waals surface area contributed by atoms with Gasteiger partial charge >= 0.3 is 0 Å². The van der Waals surface area contributed by atoms with Crippen molar-refractivity contribution in [2.24, 2.45) is 10.7 Å². The summed E-state index contributed by atoms with van der Waals surface area (Å²) in [6.45, 7) is 7.33. The molecule has 0 unspecified atom stereocenters. The predicted molar refractivity (Wildman–Crippen MR) is 55.9 cm³/mol. The van der Waals surface area contributed by atoms with E-state index in [-0.39, 0.29) is 0 Å². The molecule has 4 heteroatoms. The molecule has 0 aromatic rings. The van der Waals surface area contributed by atoms with Crippen LogP contribution >= 0.6 is 0 Å². The molecule has 0 aromatic heterocycles. The fraction of sp³-hybridized carbons (Fsp3) is 0.889. The van der Waals surface area contributed by atoms with Crippen LogP contribution in [0.25, 0.3) is 0 Å². The van der Waals surface area contributed by atoms with Crippen LogP contribution in [0.3, 0.4) is 0 Å². The van der Waals surface area contributed by atoms with Gasteiger partial charge in [-0.2, -0.15) is 0 Å². The molecule has 0 saturated heterocycles. The highest BCUT2D eigenvalue weighted by Crippen LogP contribution is 1.89. The summed E-state index contributed by atoms with van der Waals surface area (Å²) in [6.07, 6.45) is 1.03. The van der Waals surface area contributed by atoms with E-state index >= 15 is 0 Å². The molecule has 0 fully saturated rings. The summed E-state index contributed by atoms with van der Waals surface area (Å²) in [5.41, 5.74) is 5.78. The van der Waals surface area contributed by atoms with Crippen molar-refractivity contribution in [1.82, 2.24) is 4.90 Å². The molecule has 2 N–H and O–H groups in total. The van der Waals surface area contributed by atoms with Gasteiger partial charge in [0.2, 0.25) is 0 Å². The first-order valence-electron chi connectivity index (χ1n) is 4.80. The Kier molecular flexibility index (Phi) is 7.39. The highest BCUT2D eigenvalue weighted by atomic mass is 16.5. The van der Waals surface area contributed by atoms with E-state index in [0.717, 1.165) is 26.1 Å². The number of nitrogens with two attached hydrogens (primary N) is 1. The van der Waals surface area contributed by atoms with Crippen LogP contribution in [0.5, 0.6) is 0 Å². The van der Waals surface area contributed by atoms with E-state index in [1.165, 1.54) is 0 Å². The Morgan fingerprint density at radius 2 is 2.15 bits per heavy atom. The summed E-state index contributed by atoms with van der Waals surface area (Å²) in [6, 6.07) is 0. The van der Waals surface area contributed by atoms with E-state index < -0.39 is 0 Å². The van der Waals surface area contributed by atoms with Crippen molar-refractivity contribution in [3.05, 3.63) is 0 Å². The Bertz CT molecular complexity index is 148. The summed E-state index contributed by atoms with van der Waals surface area (Å²) in [5.74, 6) is 0.626. The van der Waals surface area contributed by atoms with Gasteiger partial charge in [-0.15, -0.1) is 0 Å². The molecule has 78 valence electrons. The van der Waals surface area contributed by atoms with E-state index in [9.17, 15) is 0 Å². The van der Waals surface area contributed by atoms with Gasteiger partial charge in [-0.1, -0.05) is 6.92 Å². The van der Waals surface area contributed by atoms with Crippen molar-refractivity contribution in [1.29, 1.82) is 0 Å². The first kappa shape index (κ1) is 12.2. The molecule has 0 bridgehead atoms. The van der Waals surface area contributed by atoms with Crippen molar-refractivity contribution < 1.29 is 4.74 Å². The molecule has 0 aliphatic heterocycles. The molecule has 0 atom stereocenters. The van der Waals surface area contributed by atoms with Crippen molar-refractivity contribution in [3.8, 4) is 0 Å². The molecule has 0 saturated carbocycles. The number of hydrogen-bond acceptors (Lipinski definition) is 2. The first-order chi connectivity index (χ1) is 6.26. The van der Waals surface area contributed by atoms with Crippen LogP contribution in [-0.4, -0.2) is 44.2 Å². The first-order valence-corrected chi connectivity index (χ1v) is 4.80. The zero-order valence-electron chi connectivity index (χ0n) is 8.92. The van der Waals surface area contributed by atoms with Gasteiger partial charge in [0.25, 0.3) is 0 Å². The molecule has 0 heterocycles. The van der Waals surface area contributed by atoms with Crippen molar-refractivity contribution in [2.75, 3.05) is 33.4 Å². The lowest BCUT2D eigenvalue weighted by Crippen LogP contribution is -2.39. The molecule has 0 amide bonds. The molecule has 0 aliphatic rings. The van der Waals surface area contributed by atoms with E-state index in [2.05, 4.69) is 18.8 Å². The summed E-state index contributed by atoms with van der Waals surface area (Å²) in [7, 11) is 1.69. The number of hydrogen-bond donors (Lipinski definition) is 1. The average Bonchev–Trinajstić information content (AvgIpc) is 2.16. The number of likely N-dealkylation sites (N-methyl/N-ethyl adjacent to an activating group) is 1. The largest absolute Gasteiger partial charge is 0.383 e. The van der Waals surface area contributed by atoms with E-state index in [4.69, 9.17) is 10.5 Å². The molecular weight excluding hydrogens is 166 g/mol. The lowest BCUT2D eigenvalue weighted by Gasteiger charge is -2.21. The van der Waals surface area contributed by atoms with Gasteiger partial charge in [-0.25, -0.2) is 0 Å². The zero-order valence-corrected chi connectivity index (χ0v) is 8.92. The number of guanidine groups is 1. The SMILES string of the molecule is CCCN=C(N)N(CC)CCOC. The van der Waals surface area contributed by atoms with Crippen LogP contribution in [0, 0.1) is 0 Å². The average molecular weight is 187 g/mol. The third-order valence-corrected chi connectivity index (χ3v) is 1.77. The minimum atomic E-state index is 0.626. The molecule has 0 aromatic carbocycles. The summed E-state index contributed by atoms with van der Waals surface area (Å²) >= 11 is 0. The summed E-state index contributed by atoms with van der Waals surface area (Å²) in [5, 5.41) is 0. The second-order valence-electron chi connectivity index (χ2n) is 2.81. The van der Waals surface area contributed by atoms with E-state index in [1.807, 2.05) is 4.90 Å². The number of nitrogens with zero attached hydrogens (tertiary/aromatic N) is 2. The van der Waals surface area contributed by atoms with Crippen molar-refractivity contribution in [2.45, 2.75) is 20.3 Å². The van der Waals surface area contributed by atoms with Crippen LogP contribution in [0.2, 0.25) is 0 Å². The van der Waals surface area contributed by atoms with Crippen LogP contribution in [0.15, 0.2) is 4.99 Å². The highest BCUT2D eigenvalue weighted by molar-refractivity contribution is 5.78. The van der Waals surface area contributed by atoms with Crippen LogP contribution in [0.1, 0.15) is 20.3 Å². The molecule has 0 radical (unpaired) electrons. The molecular formula is C9H21N3O. The van der Waals surface area contributed by atoms with Gasteiger partial charge in [-0.05, 0) is 13.3 Å². The van der Waals surface area contributed by atoms with Crippen LogP contribution in [0.4, 0.5) is 0 Å². The molecule has 0 aliphatic carbocycles. The van der Waals surface area contributed by atoms with Crippen molar-refractivity contribution >= 4 is 5.96 Å². The van der Waals surface area contributed by atoms with Crippen LogP contribution in [-0.2, 0) is 4.74 Å². The smallest absolute Gasteiger partial charge is 0.191 e. The quantitative estimate of drug-likeness (QED) is 0.491. The number of rotatable bonds is 6. The fourth-order valence-corrected chi connectivity index (χ4v) is 0.962. The second-order valence-corrected chi connectivity index (χ2v) is 2.81. The van der Waals surface area contributed by atoms with Crippen molar-refractivity contribution in [3.63, 3.8) is 0 Å². The fourth-order valence-electron chi connectivity index (χ4n) is 0.962. The van der Waals surface area contributed by atoms with Gasteiger partial charge in [0.15, 0.2) is 5.96 Å². The summed E-state index contributed by atoms with van der Waals surface area (Å²) < 4.78 is 4.98. The number of ether oxygens (including phenoxy) is 1. The predicted octanol–water partition coefficient (Wildman–Crippen LogP) is 0.679. The molecule has 4 nitrogen and oxygen atoms in total.